The van der Waals surface area contributed by atoms with Crippen molar-refractivity contribution in [3.05, 3.63) is 28.5 Å². The third kappa shape index (κ3) is 4.48. The summed E-state index contributed by atoms with van der Waals surface area (Å²) in [5, 5.41) is 4.55. The van der Waals surface area contributed by atoms with E-state index >= 15 is 0 Å². The average molecular weight is 533 g/mol. The summed E-state index contributed by atoms with van der Waals surface area (Å²) in [6.45, 7) is 5.42. The number of nitrogens with zero attached hydrogens (tertiary/aromatic N) is 5. The molecule has 0 spiro atoms. The van der Waals surface area contributed by atoms with Crippen LogP contribution in [-0.2, 0) is 33.1 Å². The Labute approximate surface area is 214 Å². The normalized spacial score (nSPS) is 14.7. The Kier molecular flexibility index (Phi) is 7.14. The van der Waals surface area contributed by atoms with Gasteiger partial charge in [0.25, 0.3) is 15.9 Å². The predicted molar refractivity (Wildman–Crippen MR) is 135 cm³/mol. The number of hydrogen-bond acceptors (Lipinski definition) is 8. The van der Waals surface area contributed by atoms with Crippen LogP contribution in [0.25, 0.3) is 22.4 Å². The van der Waals surface area contributed by atoms with Gasteiger partial charge in [-0.3, -0.25) is 14.3 Å². The van der Waals surface area contributed by atoms with Crippen molar-refractivity contribution in [1.82, 2.24) is 29.0 Å². The lowest BCUT2D eigenvalue weighted by atomic mass is 10.1. The predicted octanol–water partition coefficient (Wildman–Crippen LogP) is 2.42. The number of aromatic amines is 1. The Hall–Kier alpha value is -3.32. The molecule has 0 aliphatic carbocycles. The van der Waals surface area contributed by atoms with Crippen molar-refractivity contribution in [2.24, 2.45) is 7.05 Å². The summed E-state index contributed by atoms with van der Waals surface area (Å²) in [7, 11) is -2.51. The molecule has 0 saturated carbocycles. The van der Waals surface area contributed by atoms with E-state index in [0.29, 0.717) is 44.8 Å². The fraction of sp³-hybridized carbons (Fsp3) is 0.435. The van der Waals surface area contributed by atoms with Gasteiger partial charge < -0.3 is 14.6 Å². The van der Waals surface area contributed by atoms with Crippen LogP contribution in [0.5, 0.6) is 5.75 Å². The monoisotopic (exact) mass is 532 g/mol. The number of nitrogens with one attached hydrogen (secondary N) is 1. The molecule has 1 aliphatic rings. The van der Waals surface area contributed by atoms with E-state index in [1.54, 1.807) is 18.7 Å². The molecule has 13 heteroatoms. The highest BCUT2D eigenvalue weighted by Crippen LogP contribution is 2.33. The van der Waals surface area contributed by atoms with Crippen molar-refractivity contribution in [2.45, 2.75) is 38.5 Å². The van der Waals surface area contributed by atoms with Crippen LogP contribution in [0.4, 0.5) is 0 Å². The first-order valence-corrected chi connectivity index (χ1v) is 13.5. The van der Waals surface area contributed by atoms with E-state index in [1.807, 2.05) is 13.8 Å². The fourth-order valence-corrected chi connectivity index (χ4v) is 5.90. The SMILES string of the molecule is CCCc1nn(C)c2c(=S)nc(-c3cc(S(=O)(=O)N4CC(=O)N(CC)CC4=O)ccc3OCC)[nH]c12. The van der Waals surface area contributed by atoms with Crippen LogP contribution >= 0.6 is 12.2 Å². The highest BCUT2D eigenvalue weighted by molar-refractivity contribution is 7.89. The number of aryl methyl sites for hydroxylation is 2. The zero-order chi connectivity index (χ0) is 26.2. The highest BCUT2D eigenvalue weighted by Gasteiger charge is 2.38. The van der Waals surface area contributed by atoms with Crippen molar-refractivity contribution in [1.29, 1.82) is 0 Å². The van der Waals surface area contributed by atoms with E-state index in [4.69, 9.17) is 17.0 Å². The molecule has 1 N–H and O–H groups in total. The van der Waals surface area contributed by atoms with E-state index in [-0.39, 0.29) is 11.4 Å². The molecule has 3 heterocycles. The number of carbonyl (C=O) groups excluding carboxylic acids is 2. The first-order valence-electron chi connectivity index (χ1n) is 11.7. The second-order valence-electron chi connectivity index (χ2n) is 8.34. The summed E-state index contributed by atoms with van der Waals surface area (Å²) in [4.78, 5) is 33.9. The quantitative estimate of drug-likeness (QED) is 0.438. The number of amides is 2. The summed E-state index contributed by atoms with van der Waals surface area (Å²) in [6, 6.07) is 4.26. The molecule has 1 aromatic carbocycles. The van der Waals surface area contributed by atoms with Crippen LogP contribution in [0.3, 0.4) is 0 Å². The molecule has 3 aromatic rings. The Morgan fingerprint density at radius 1 is 1.14 bits per heavy atom. The van der Waals surface area contributed by atoms with Gasteiger partial charge in [-0.2, -0.15) is 5.10 Å². The zero-order valence-electron chi connectivity index (χ0n) is 20.6. The second kappa shape index (κ2) is 9.97. The molecule has 36 heavy (non-hydrogen) atoms. The third-order valence-electron chi connectivity index (χ3n) is 5.98. The number of sulfonamides is 1. The molecule has 0 radical (unpaired) electrons. The van der Waals surface area contributed by atoms with E-state index < -0.39 is 28.4 Å². The molecule has 2 aromatic heterocycles. The smallest absolute Gasteiger partial charge is 0.267 e. The number of ether oxygens (including phenoxy) is 1. The molecule has 1 saturated heterocycles. The largest absolute Gasteiger partial charge is 0.493 e. The maximum Gasteiger partial charge on any atom is 0.267 e. The molecule has 0 bridgehead atoms. The maximum absolute atomic E-state index is 13.4. The van der Waals surface area contributed by atoms with Crippen molar-refractivity contribution >= 4 is 45.1 Å². The summed E-state index contributed by atoms with van der Waals surface area (Å²) in [6.07, 6.45) is 1.60. The van der Waals surface area contributed by atoms with Gasteiger partial charge in [0.1, 0.15) is 30.2 Å². The minimum Gasteiger partial charge on any atom is -0.493 e. The number of carbonyl (C=O) groups is 2. The number of fused-ring (bicyclic) bond motifs is 1. The lowest BCUT2D eigenvalue weighted by Gasteiger charge is -2.32. The van der Waals surface area contributed by atoms with Crippen molar-refractivity contribution in [2.75, 3.05) is 26.2 Å². The van der Waals surface area contributed by atoms with E-state index in [9.17, 15) is 18.0 Å². The number of H-pyrrole nitrogens is 1. The molecule has 2 amide bonds. The van der Waals surface area contributed by atoms with Crippen LogP contribution in [0, 0.1) is 4.64 Å². The van der Waals surface area contributed by atoms with Gasteiger partial charge in [0.05, 0.1) is 28.3 Å². The van der Waals surface area contributed by atoms with Crippen molar-refractivity contribution in [3.63, 3.8) is 0 Å². The lowest BCUT2D eigenvalue weighted by molar-refractivity contribution is -0.145. The lowest BCUT2D eigenvalue weighted by Crippen LogP contribution is -2.55. The topological polar surface area (TPSA) is 130 Å². The molecule has 192 valence electrons. The molecule has 1 fully saturated rings. The van der Waals surface area contributed by atoms with E-state index in [2.05, 4.69) is 15.1 Å². The van der Waals surface area contributed by atoms with E-state index in [1.165, 1.54) is 23.1 Å². The standard InChI is InChI=1S/C23H28N6O5S2/c1-5-8-16-20-21(27(4)26-16)23(35)25-22(24-20)15-11-14(9-10-17(15)34-7-3)36(32,33)29-13-18(30)28(6-2)12-19(29)31/h9-11H,5-8,12-13H2,1-4H3,(H,24,25,35). The Balaban J connectivity index is 1.85. The first kappa shape index (κ1) is 25.8. The van der Waals surface area contributed by atoms with Crippen LogP contribution in [0.15, 0.2) is 23.1 Å². The van der Waals surface area contributed by atoms with Gasteiger partial charge in [0.15, 0.2) is 4.64 Å². The summed E-state index contributed by atoms with van der Waals surface area (Å²) < 4.78 is 35.3. The second-order valence-corrected chi connectivity index (χ2v) is 10.6. The Bertz CT molecular complexity index is 1510. The summed E-state index contributed by atoms with van der Waals surface area (Å²) in [5.41, 5.74) is 2.59. The van der Waals surface area contributed by atoms with Crippen molar-refractivity contribution in [3.8, 4) is 17.1 Å². The number of likely N-dealkylation sites (N-methyl/N-ethyl adjacent to an activating group) is 1. The van der Waals surface area contributed by atoms with Crippen LogP contribution < -0.4 is 4.74 Å². The maximum atomic E-state index is 13.4. The van der Waals surface area contributed by atoms with Gasteiger partial charge in [-0.25, -0.2) is 17.7 Å². The van der Waals surface area contributed by atoms with Gasteiger partial charge >= 0.3 is 0 Å². The molecule has 0 unspecified atom stereocenters. The van der Waals surface area contributed by atoms with Crippen LogP contribution in [-0.4, -0.2) is 75.4 Å². The first-order chi connectivity index (χ1) is 17.1. The average Bonchev–Trinajstić information content (AvgIpc) is 3.16. The van der Waals surface area contributed by atoms with Crippen LogP contribution in [0.2, 0.25) is 0 Å². The minimum absolute atomic E-state index is 0.159. The number of hydrogen-bond donors (Lipinski definition) is 1. The van der Waals surface area contributed by atoms with E-state index in [0.717, 1.165) is 24.1 Å². The fourth-order valence-electron chi connectivity index (χ4n) is 4.21. The number of benzene rings is 1. The summed E-state index contributed by atoms with van der Waals surface area (Å²) in [5.74, 6) is -0.377. The van der Waals surface area contributed by atoms with Gasteiger partial charge in [0.2, 0.25) is 5.91 Å². The zero-order valence-corrected chi connectivity index (χ0v) is 22.2. The highest BCUT2D eigenvalue weighted by atomic mass is 32.2. The molecular formula is C23H28N6O5S2. The van der Waals surface area contributed by atoms with Crippen molar-refractivity contribution < 1.29 is 22.7 Å². The molecule has 0 atom stereocenters. The van der Waals surface area contributed by atoms with Gasteiger partial charge in [-0.05, 0) is 38.5 Å². The molecular weight excluding hydrogens is 504 g/mol. The molecule has 11 nitrogen and oxygen atoms in total. The Morgan fingerprint density at radius 3 is 2.56 bits per heavy atom. The molecule has 1 aliphatic heterocycles. The van der Waals surface area contributed by atoms with Crippen LogP contribution in [0.1, 0.15) is 32.9 Å². The summed E-state index contributed by atoms with van der Waals surface area (Å²) >= 11 is 5.55. The minimum atomic E-state index is -4.31. The Morgan fingerprint density at radius 2 is 1.89 bits per heavy atom. The van der Waals surface area contributed by atoms with Gasteiger partial charge in [-0.1, -0.05) is 25.6 Å². The van der Waals surface area contributed by atoms with Gasteiger partial charge in [-0.15, -0.1) is 0 Å². The number of aromatic nitrogens is 4. The molecule has 4 rings (SSSR count). The third-order valence-corrected chi connectivity index (χ3v) is 8.02. The number of piperazine rings is 1. The van der Waals surface area contributed by atoms with Gasteiger partial charge in [0, 0.05) is 13.6 Å². The number of rotatable bonds is 8.